The predicted molar refractivity (Wildman–Crippen MR) is 55.8 cm³/mol. The first-order valence-electron chi connectivity index (χ1n) is 4.33. The molecule has 0 spiro atoms. The predicted octanol–water partition coefficient (Wildman–Crippen LogP) is 1.64. The standard InChI is InChI=1S/C10H12ClN3/c1-14(8-10(11)5-12)7-9-3-2-4-13-6-9/h2-4,6,10H,7-8H2,1H3. The summed E-state index contributed by atoms with van der Waals surface area (Å²) in [6.45, 7) is 1.33. The van der Waals surface area contributed by atoms with E-state index in [4.69, 9.17) is 16.9 Å². The van der Waals surface area contributed by atoms with Crippen molar-refractivity contribution < 1.29 is 0 Å². The number of alkyl halides is 1. The molecule has 1 unspecified atom stereocenters. The minimum Gasteiger partial charge on any atom is -0.300 e. The molecule has 1 heterocycles. The van der Waals surface area contributed by atoms with Gasteiger partial charge in [-0.25, -0.2) is 0 Å². The highest BCUT2D eigenvalue weighted by atomic mass is 35.5. The van der Waals surface area contributed by atoms with Crippen molar-refractivity contribution in [2.24, 2.45) is 0 Å². The van der Waals surface area contributed by atoms with E-state index in [1.807, 2.05) is 36.3 Å². The average Bonchev–Trinajstić information content (AvgIpc) is 2.19. The Balaban J connectivity index is 2.42. The van der Waals surface area contributed by atoms with Gasteiger partial charge in [0.05, 0.1) is 6.07 Å². The summed E-state index contributed by atoms with van der Waals surface area (Å²) in [4.78, 5) is 6.01. The fourth-order valence-electron chi connectivity index (χ4n) is 1.18. The van der Waals surface area contributed by atoms with Gasteiger partial charge in [-0.3, -0.25) is 9.88 Å². The summed E-state index contributed by atoms with van der Waals surface area (Å²) < 4.78 is 0. The normalized spacial score (nSPS) is 12.4. The smallest absolute Gasteiger partial charge is 0.133 e. The van der Waals surface area contributed by atoms with Crippen molar-refractivity contribution in [3.63, 3.8) is 0 Å². The van der Waals surface area contributed by atoms with E-state index in [1.165, 1.54) is 0 Å². The summed E-state index contributed by atoms with van der Waals surface area (Å²) in [5.41, 5.74) is 1.12. The summed E-state index contributed by atoms with van der Waals surface area (Å²) in [5, 5.41) is 8.08. The first-order chi connectivity index (χ1) is 6.72. The quantitative estimate of drug-likeness (QED) is 0.708. The van der Waals surface area contributed by atoms with E-state index in [-0.39, 0.29) is 0 Å². The van der Waals surface area contributed by atoms with E-state index >= 15 is 0 Å². The summed E-state index contributed by atoms with van der Waals surface area (Å²) in [7, 11) is 1.93. The van der Waals surface area contributed by atoms with Crippen LogP contribution >= 0.6 is 11.6 Å². The molecule has 0 aliphatic heterocycles. The number of halogens is 1. The highest BCUT2D eigenvalue weighted by molar-refractivity contribution is 6.22. The molecule has 0 amide bonds. The molecule has 0 saturated carbocycles. The van der Waals surface area contributed by atoms with E-state index in [2.05, 4.69) is 4.98 Å². The zero-order chi connectivity index (χ0) is 10.4. The SMILES string of the molecule is CN(Cc1cccnc1)CC(Cl)C#N. The molecule has 0 saturated heterocycles. The van der Waals surface area contributed by atoms with Crippen LogP contribution in [0.15, 0.2) is 24.5 Å². The number of pyridine rings is 1. The number of nitriles is 1. The van der Waals surface area contributed by atoms with Gasteiger partial charge in [-0.05, 0) is 18.7 Å². The van der Waals surface area contributed by atoms with Gasteiger partial charge in [-0.2, -0.15) is 5.26 Å². The fraction of sp³-hybridized carbons (Fsp3) is 0.400. The summed E-state index contributed by atoms with van der Waals surface area (Å²) in [5.74, 6) is 0. The zero-order valence-electron chi connectivity index (χ0n) is 8.02. The lowest BCUT2D eigenvalue weighted by Gasteiger charge is -2.16. The Morgan fingerprint density at radius 2 is 2.50 bits per heavy atom. The lowest BCUT2D eigenvalue weighted by Crippen LogP contribution is -2.24. The van der Waals surface area contributed by atoms with E-state index in [1.54, 1.807) is 6.20 Å². The van der Waals surface area contributed by atoms with E-state index in [0.29, 0.717) is 6.54 Å². The third kappa shape index (κ3) is 3.73. The van der Waals surface area contributed by atoms with Crippen molar-refractivity contribution in [2.45, 2.75) is 11.9 Å². The van der Waals surface area contributed by atoms with E-state index in [9.17, 15) is 0 Å². The number of hydrogen-bond acceptors (Lipinski definition) is 3. The van der Waals surface area contributed by atoms with Gasteiger partial charge in [0.1, 0.15) is 5.38 Å². The zero-order valence-corrected chi connectivity index (χ0v) is 8.78. The Labute approximate surface area is 88.9 Å². The Morgan fingerprint density at radius 1 is 1.71 bits per heavy atom. The number of rotatable bonds is 4. The maximum absolute atomic E-state index is 8.53. The highest BCUT2D eigenvalue weighted by Crippen LogP contribution is 2.03. The average molecular weight is 210 g/mol. The van der Waals surface area contributed by atoms with Crippen LogP contribution in [0.1, 0.15) is 5.56 Å². The molecule has 3 nitrogen and oxygen atoms in total. The van der Waals surface area contributed by atoms with Crippen molar-refractivity contribution in [3.05, 3.63) is 30.1 Å². The topological polar surface area (TPSA) is 39.9 Å². The molecule has 1 rings (SSSR count). The molecular weight excluding hydrogens is 198 g/mol. The highest BCUT2D eigenvalue weighted by Gasteiger charge is 2.06. The molecule has 4 heteroatoms. The van der Waals surface area contributed by atoms with Gasteiger partial charge < -0.3 is 0 Å². The second-order valence-electron chi connectivity index (χ2n) is 3.15. The third-order valence-corrected chi connectivity index (χ3v) is 2.02. The van der Waals surface area contributed by atoms with Crippen LogP contribution in [0.4, 0.5) is 0 Å². The molecule has 1 aromatic rings. The third-order valence-electron chi connectivity index (χ3n) is 1.79. The Bertz CT molecular complexity index is 307. The summed E-state index contributed by atoms with van der Waals surface area (Å²) in [6.07, 6.45) is 3.55. The number of hydrogen-bond donors (Lipinski definition) is 0. The molecule has 74 valence electrons. The van der Waals surface area contributed by atoms with Gasteiger partial charge in [0.15, 0.2) is 0 Å². The second kappa shape index (κ2) is 5.58. The largest absolute Gasteiger partial charge is 0.300 e. The van der Waals surface area contributed by atoms with Gasteiger partial charge in [-0.15, -0.1) is 11.6 Å². The summed E-state index contributed by atoms with van der Waals surface area (Å²) >= 11 is 5.71. The van der Waals surface area contributed by atoms with Crippen molar-refractivity contribution in [2.75, 3.05) is 13.6 Å². The first kappa shape index (κ1) is 11.0. The lowest BCUT2D eigenvalue weighted by atomic mass is 10.2. The van der Waals surface area contributed by atoms with Crippen LogP contribution in [0.25, 0.3) is 0 Å². The maximum atomic E-state index is 8.53. The first-order valence-corrected chi connectivity index (χ1v) is 4.77. The molecule has 0 fully saturated rings. The van der Waals surface area contributed by atoms with Crippen LogP contribution < -0.4 is 0 Å². The molecule has 0 bridgehead atoms. The molecule has 0 radical (unpaired) electrons. The van der Waals surface area contributed by atoms with E-state index < -0.39 is 5.38 Å². The van der Waals surface area contributed by atoms with E-state index in [0.717, 1.165) is 12.1 Å². The molecule has 14 heavy (non-hydrogen) atoms. The maximum Gasteiger partial charge on any atom is 0.133 e. The van der Waals surface area contributed by atoms with Gasteiger partial charge in [0, 0.05) is 25.5 Å². The second-order valence-corrected chi connectivity index (χ2v) is 3.68. The molecule has 1 atom stereocenters. The molecule has 0 aromatic carbocycles. The minimum atomic E-state index is -0.448. The monoisotopic (exact) mass is 209 g/mol. The number of aromatic nitrogens is 1. The molecule has 1 aromatic heterocycles. The molecule has 0 aliphatic carbocycles. The lowest BCUT2D eigenvalue weighted by molar-refractivity contribution is 0.336. The van der Waals surface area contributed by atoms with Crippen LogP contribution in [0.3, 0.4) is 0 Å². The van der Waals surface area contributed by atoms with Crippen LogP contribution in [-0.2, 0) is 6.54 Å². The Kier molecular flexibility index (Phi) is 4.37. The summed E-state index contributed by atoms with van der Waals surface area (Å²) in [6, 6.07) is 5.88. The van der Waals surface area contributed by atoms with Crippen LogP contribution in [-0.4, -0.2) is 28.9 Å². The van der Waals surface area contributed by atoms with Gasteiger partial charge in [-0.1, -0.05) is 6.07 Å². The van der Waals surface area contributed by atoms with Crippen LogP contribution in [0.5, 0.6) is 0 Å². The van der Waals surface area contributed by atoms with Crippen molar-refractivity contribution in [3.8, 4) is 6.07 Å². The van der Waals surface area contributed by atoms with Crippen LogP contribution in [0, 0.1) is 11.3 Å². The van der Waals surface area contributed by atoms with Crippen molar-refractivity contribution in [1.29, 1.82) is 5.26 Å². The Morgan fingerprint density at radius 3 is 3.07 bits per heavy atom. The van der Waals surface area contributed by atoms with Crippen molar-refractivity contribution >= 4 is 11.6 Å². The minimum absolute atomic E-state index is 0.448. The van der Waals surface area contributed by atoms with Crippen molar-refractivity contribution in [1.82, 2.24) is 9.88 Å². The molecule has 0 aliphatic rings. The molecular formula is C10H12ClN3. The molecule has 0 N–H and O–H groups in total. The van der Waals surface area contributed by atoms with Gasteiger partial charge >= 0.3 is 0 Å². The van der Waals surface area contributed by atoms with Crippen LogP contribution in [0.2, 0.25) is 0 Å². The number of nitrogens with zero attached hydrogens (tertiary/aromatic N) is 3. The Hall–Kier alpha value is -1.11. The van der Waals surface area contributed by atoms with Gasteiger partial charge in [0.25, 0.3) is 0 Å². The van der Waals surface area contributed by atoms with Gasteiger partial charge in [0.2, 0.25) is 0 Å². The fourth-order valence-corrected chi connectivity index (χ4v) is 1.42.